The summed E-state index contributed by atoms with van der Waals surface area (Å²) >= 11 is 0. The molecule has 2 heterocycles. The van der Waals surface area contributed by atoms with E-state index in [0.29, 0.717) is 16.7 Å². The molecule has 0 spiro atoms. The maximum atomic E-state index is 12.7. The highest BCUT2D eigenvalue weighted by atomic mass is 16.6. The number of furan rings is 1. The van der Waals surface area contributed by atoms with E-state index in [4.69, 9.17) is 18.3 Å². The molecule has 0 unspecified atom stereocenters. The molecule has 2 aromatic heterocycles. The van der Waals surface area contributed by atoms with Crippen molar-refractivity contribution in [3.63, 3.8) is 0 Å². The number of para-hydroxylation sites is 1. The molecule has 24 heavy (non-hydrogen) atoms. The van der Waals surface area contributed by atoms with Crippen molar-refractivity contribution in [1.82, 2.24) is 0 Å². The molecule has 0 radical (unpaired) electrons. The van der Waals surface area contributed by atoms with Crippen molar-refractivity contribution in [2.45, 2.75) is 20.0 Å². The van der Waals surface area contributed by atoms with Crippen molar-refractivity contribution in [2.24, 2.45) is 0 Å². The third-order valence-electron chi connectivity index (χ3n) is 3.20. The van der Waals surface area contributed by atoms with Gasteiger partial charge in [-0.1, -0.05) is 12.1 Å². The summed E-state index contributed by atoms with van der Waals surface area (Å²) in [7, 11) is 0. The highest BCUT2D eigenvalue weighted by molar-refractivity contribution is 5.81. The Morgan fingerprint density at radius 2 is 1.96 bits per heavy atom. The molecule has 0 fully saturated rings. The second kappa shape index (κ2) is 6.62. The summed E-state index contributed by atoms with van der Waals surface area (Å²) in [5, 5.41) is 0.361. The average Bonchev–Trinajstić information content (AvgIpc) is 3.07. The molecule has 124 valence electrons. The molecular formula is C18H16O6. The summed E-state index contributed by atoms with van der Waals surface area (Å²) in [5.41, 5.74) is 0.0339. The molecule has 0 aliphatic carbocycles. The van der Waals surface area contributed by atoms with Gasteiger partial charge in [-0.2, -0.15) is 0 Å². The Morgan fingerprint density at radius 1 is 1.17 bits per heavy atom. The molecule has 0 amide bonds. The van der Waals surface area contributed by atoms with Crippen molar-refractivity contribution in [1.29, 1.82) is 0 Å². The first kappa shape index (κ1) is 15.9. The lowest BCUT2D eigenvalue weighted by Crippen LogP contribution is -2.21. The van der Waals surface area contributed by atoms with Crippen LogP contribution in [0.3, 0.4) is 0 Å². The van der Waals surface area contributed by atoms with Gasteiger partial charge in [-0.15, -0.1) is 0 Å². The Labute approximate surface area is 137 Å². The van der Waals surface area contributed by atoms with Crippen LogP contribution in [-0.4, -0.2) is 18.7 Å². The molecule has 0 atom stereocenters. The van der Waals surface area contributed by atoms with Gasteiger partial charge in [0.25, 0.3) is 0 Å². The zero-order valence-electron chi connectivity index (χ0n) is 13.3. The number of carbonyl (C=O) groups is 1. The number of rotatable bonds is 5. The van der Waals surface area contributed by atoms with Crippen LogP contribution in [0.5, 0.6) is 5.75 Å². The molecule has 1 aromatic carbocycles. The van der Waals surface area contributed by atoms with Crippen molar-refractivity contribution in [3.8, 4) is 17.3 Å². The van der Waals surface area contributed by atoms with Crippen molar-refractivity contribution >= 4 is 16.9 Å². The van der Waals surface area contributed by atoms with Crippen LogP contribution in [0.1, 0.15) is 13.8 Å². The predicted molar refractivity (Wildman–Crippen MR) is 86.9 cm³/mol. The molecule has 0 saturated carbocycles. The number of hydrogen-bond donors (Lipinski definition) is 0. The number of hydrogen-bond acceptors (Lipinski definition) is 6. The van der Waals surface area contributed by atoms with Gasteiger partial charge in [0, 0.05) is 0 Å². The lowest BCUT2D eigenvalue weighted by Gasteiger charge is -2.11. The van der Waals surface area contributed by atoms with Gasteiger partial charge in [-0.25, -0.2) is 4.79 Å². The van der Waals surface area contributed by atoms with E-state index in [2.05, 4.69) is 0 Å². The maximum absolute atomic E-state index is 12.7. The fourth-order valence-electron chi connectivity index (χ4n) is 2.25. The summed E-state index contributed by atoms with van der Waals surface area (Å²) in [5.74, 6) is -0.168. The number of fused-ring (bicyclic) bond motifs is 1. The van der Waals surface area contributed by atoms with Gasteiger partial charge in [0.2, 0.25) is 16.9 Å². The monoisotopic (exact) mass is 328 g/mol. The van der Waals surface area contributed by atoms with Gasteiger partial charge in [-0.05, 0) is 38.1 Å². The Morgan fingerprint density at radius 3 is 2.67 bits per heavy atom. The highest BCUT2D eigenvalue weighted by Gasteiger charge is 2.20. The zero-order chi connectivity index (χ0) is 17.1. The summed E-state index contributed by atoms with van der Waals surface area (Å²) in [6.07, 6.45) is 1.19. The molecule has 0 aliphatic heterocycles. The van der Waals surface area contributed by atoms with Crippen molar-refractivity contribution in [3.05, 3.63) is 52.9 Å². The number of carbonyl (C=O) groups excluding carboxylic acids is 1. The van der Waals surface area contributed by atoms with Crippen molar-refractivity contribution in [2.75, 3.05) is 6.61 Å². The van der Waals surface area contributed by atoms with Crippen LogP contribution in [0.25, 0.3) is 22.5 Å². The maximum Gasteiger partial charge on any atom is 0.344 e. The largest absolute Gasteiger partial charge is 0.474 e. The summed E-state index contributed by atoms with van der Waals surface area (Å²) < 4.78 is 21.5. The molecule has 0 bridgehead atoms. The Kier molecular flexibility index (Phi) is 4.37. The molecular weight excluding hydrogens is 312 g/mol. The van der Waals surface area contributed by atoms with Gasteiger partial charge in [0.1, 0.15) is 5.58 Å². The zero-order valence-corrected chi connectivity index (χ0v) is 13.3. The summed E-state index contributed by atoms with van der Waals surface area (Å²) in [6.45, 7) is 3.07. The highest BCUT2D eigenvalue weighted by Crippen LogP contribution is 2.31. The minimum atomic E-state index is -0.567. The number of benzene rings is 1. The van der Waals surface area contributed by atoms with Gasteiger partial charge in [-0.3, -0.25) is 4.79 Å². The smallest absolute Gasteiger partial charge is 0.344 e. The van der Waals surface area contributed by atoms with Crippen LogP contribution in [0.2, 0.25) is 0 Å². The van der Waals surface area contributed by atoms with Crippen molar-refractivity contribution < 1.29 is 23.1 Å². The Hall–Kier alpha value is -3.02. The molecule has 0 aliphatic rings. The van der Waals surface area contributed by atoms with Gasteiger partial charge < -0.3 is 18.3 Å². The number of ether oxygens (including phenoxy) is 2. The normalized spacial score (nSPS) is 11.0. The second-order valence-corrected chi connectivity index (χ2v) is 5.39. The van der Waals surface area contributed by atoms with E-state index in [1.807, 2.05) is 0 Å². The van der Waals surface area contributed by atoms with E-state index in [1.54, 1.807) is 50.2 Å². The molecule has 0 N–H and O–H groups in total. The van der Waals surface area contributed by atoms with Crippen LogP contribution in [0.15, 0.2) is 56.3 Å². The predicted octanol–water partition coefficient (Wildman–Crippen LogP) is 3.38. The van der Waals surface area contributed by atoms with E-state index in [9.17, 15) is 9.59 Å². The van der Waals surface area contributed by atoms with E-state index in [0.717, 1.165) is 0 Å². The minimum Gasteiger partial charge on any atom is -0.474 e. The molecule has 3 aromatic rings. The van der Waals surface area contributed by atoms with Crippen LogP contribution < -0.4 is 10.2 Å². The third-order valence-corrected chi connectivity index (χ3v) is 3.20. The minimum absolute atomic E-state index is 0.0793. The quantitative estimate of drug-likeness (QED) is 0.668. The van der Waals surface area contributed by atoms with Crippen LogP contribution in [0, 0.1) is 0 Å². The van der Waals surface area contributed by atoms with E-state index in [1.165, 1.54) is 6.26 Å². The molecule has 0 saturated heterocycles. The van der Waals surface area contributed by atoms with E-state index in [-0.39, 0.29) is 23.0 Å². The SMILES string of the molecule is CC(C)OC(=O)COc1c(-c2ccco2)oc2ccccc2c1=O. The van der Waals surface area contributed by atoms with Gasteiger partial charge in [0.05, 0.1) is 17.8 Å². The van der Waals surface area contributed by atoms with E-state index >= 15 is 0 Å². The molecule has 3 rings (SSSR count). The fraction of sp³-hybridized carbons (Fsp3) is 0.222. The van der Waals surface area contributed by atoms with E-state index < -0.39 is 12.6 Å². The molecule has 6 nitrogen and oxygen atoms in total. The lowest BCUT2D eigenvalue weighted by molar-refractivity contribution is -0.149. The molecule has 6 heteroatoms. The summed E-state index contributed by atoms with van der Waals surface area (Å²) in [6, 6.07) is 10.1. The number of esters is 1. The first-order valence-electron chi connectivity index (χ1n) is 7.48. The average molecular weight is 328 g/mol. The van der Waals surface area contributed by atoms with Crippen LogP contribution >= 0.6 is 0 Å². The standard InChI is InChI=1S/C18H16O6/c1-11(2)23-15(19)10-22-18-16(20)12-6-3-4-7-13(12)24-17(18)14-8-5-9-21-14/h3-9,11H,10H2,1-2H3. The van der Waals surface area contributed by atoms with Crippen LogP contribution in [-0.2, 0) is 9.53 Å². The lowest BCUT2D eigenvalue weighted by atomic mass is 10.2. The summed E-state index contributed by atoms with van der Waals surface area (Å²) in [4.78, 5) is 24.4. The van der Waals surface area contributed by atoms with Crippen LogP contribution in [0.4, 0.5) is 0 Å². The first-order chi connectivity index (χ1) is 11.6. The third kappa shape index (κ3) is 3.17. The topological polar surface area (TPSA) is 78.9 Å². The first-order valence-corrected chi connectivity index (χ1v) is 7.48. The fourth-order valence-corrected chi connectivity index (χ4v) is 2.25. The Bertz CT molecular complexity index is 905. The van der Waals surface area contributed by atoms with Gasteiger partial charge >= 0.3 is 5.97 Å². The second-order valence-electron chi connectivity index (χ2n) is 5.39. The Balaban J connectivity index is 2.04. The van der Waals surface area contributed by atoms with Gasteiger partial charge in [0.15, 0.2) is 12.4 Å².